The van der Waals surface area contributed by atoms with Gasteiger partial charge in [0.05, 0.1) is 6.42 Å². The average Bonchev–Trinajstić information content (AvgIpc) is 2.98. The smallest absolute Gasteiger partial charge is 0.304 e. The molecule has 2 heterocycles. The van der Waals surface area contributed by atoms with Crippen LogP contribution < -0.4 is 5.32 Å². The Kier molecular flexibility index (Phi) is 4.96. The van der Waals surface area contributed by atoms with Crippen LogP contribution in [0.5, 0.6) is 0 Å². The third kappa shape index (κ3) is 3.91. The fourth-order valence-corrected chi connectivity index (χ4v) is 3.66. The van der Waals surface area contributed by atoms with Crippen LogP contribution in [-0.2, 0) is 11.2 Å². The Bertz CT molecular complexity index is 600. The normalized spacial score (nSPS) is 20.8. The van der Waals surface area contributed by atoms with Crippen LogP contribution in [0, 0.1) is 0 Å². The number of anilines is 1. The van der Waals surface area contributed by atoms with Crippen LogP contribution in [0.15, 0.2) is 18.2 Å². The second-order valence-electron chi connectivity index (χ2n) is 6.51. The number of carboxylic acids is 1. The summed E-state index contributed by atoms with van der Waals surface area (Å²) in [6, 6.07) is 6.01. The van der Waals surface area contributed by atoms with Gasteiger partial charge in [-0.25, -0.2) is 0 Å². The van der Waals surface area contributed by atoms with E-state index >= 15 is 0 Å². The minimum Gasteiger partial charge on any atom is -0.481 e. The number of benzene rings is 1. The molecule has 1 saturated heterocycles. The zero-order valence-electron chi connectivity index (χ0n) is 13.4. The predicted octanol–water partition coefficient (Wildman–Crippen LogP) is 2.56. The van der Waals surface area contributed by atoms with Gasteiger partial charge in [0.2, 0.25) is 0 Å². The number of carbonyl (C=O) groups is 2. The molecule has 0 bridgehead atoms. The van der Waals surface area contributed by atoms with Crippen molar-refractivity contribution in [2.24, 2.45) is 0 Å². The highest BCUT2D eigenvalue weighted by Crippen LogP contribution is 2.24. The number of aryl methyl sites for hydroxylation is 1. The molecule has 2 aliphatic heterocycles. The number of carboxylic acid groups (broad SMARTS) is 1. The highest BCUT2D eigenvalue weighted by atomic mass is 16.4. The van der Waals surface area contributed by atoms with Crippen molar-refractivity contribution in [3.63, 3.8) is 0 Å². The number of ketones is 1. The van der Waals surface area contributed by atoms with Gasteiger partial charge in [-0.2, -0.15) is 0 Å². The van der Waals surface area contributed by atoms with Gasteiger partial charge in [0.1, 0.15) is 0 Å². The molecule has 0 spiro atoms. The van der Waals surface area contributed by atoms with E-state index in [0.717, 1.165) is 50.0 Å². The predicted molar refractivity (Wildman–Crippen MR) is 89.0 cm³/mol. The summed E-state index contributed by atoms with van der Waals surface area (Å²) in [4.78, 5) is 25.5. The van der Waals surface area contributed by atoms with Crippen molar-refractivity contribution in [1.82, 2.24) is 4.90 Å². The lowest BCUT2D eigenvalue weighted by atomic mass is 9.98. The number of Topliss-reactive ketones (excluding diaryl/α,β-unsaturated/α-hetero) is 1. The lowest BCUT2D eigenvalue weighted by Crippen LogP contribution is -2.33. The molecule has 0 amide bonds. The molecule has 1 aromatic rings. The van der Waals surface area contributed by atoms with Gasteiger partial charge in [-0.3, -0.25) is 14.5 Å². The van der Waals surface area contributed by atoms with E-state index in [9.17, 15) is 9.59 Å². The summed E-state index contributed by atoms with van der Waals surface area (Å²) in [6.07, 6.45) is 4.72. The first-order valence-electron chi connectivity index (χ1n) is 8.49. The van der Waals surface area contributed by atoms with Crippen molar-refractivity contribution in [2.75, 3.05) is 25.0 Å². The number of nitrogens with zero attached hydrogens (tertiary/aromatic N) is 1. The van der Waals surface area contributed by atoms with Crippen LogP contribution in [0.4, 0.5) is 5.69 Å². The molecule has 1 atom stereocenters. The van der Waals surface area contributed by atoms with Crippen LogP contribution >= 0.6 is 0 Å². The molecule has 124 valence electrons. The Morgan fingerprint density at radius 1 is 1.30 bits per heavy atom. The fourth-order valence-electron chi connectivity index (χ4n) is 3.66. The van der Waals surface area contributed by atoms with E-state index in [0.29, 0.717) is 13.0 Å². The highest BCUT2D eigenvalue weighted by Gasteiger charge is 2.26. The zero-order chi connectivity index (χ0) is 16.2. The number of hydrogen-bond donors (Lipinski definition) is 2. The van der Waals surface area contributed by atoms with Crippen LogP contribution in [0.1, 0.15) is 48.0 Å². The van der Waals surface area contributed by atoms with Gasteiger partial charge in [-0.1, -0.05) is 0 Å². The van der Waals surface area contributed by atoms with Gasteiger partial charge in [-0.05, 0) is 56.0 Å². The molecular weight excluding hydrogens is 292 g/mol. The highest BCUT2D eigenvalue weighted by molar-refractivity contribution is 5.96. The maximum absolute atomic E-state index is 12.5. The molecule has 5 heteroatoms. The molecule has 23 heavy (non-hydrogen) atoms. The van der Waals surface area contributed by atoms with Gasteiger partial charge in [0.15, 0.2) is 5.78 Å². The molecule has 0 radical (unpaired) electrons. The molecule has 1 aromatic carbocycles. The van der Waals surface area contributed by atoms with E-state index in [1.165, 1.54) is 5.56 Å². The minimum atomic E-state index is -0.754. The summed E-state index contributed by atoms with van der Waals surface area (Å²) >= 11 is 0. The number of aliphatic carboxylic acids is 1. The maximum Gasteiger partial charge on any atom is 0.304 e. The second kappa shape index (κ2) is 7.13. The molecular formula is C18H24N2O3. The molecule has 1 fully saturated rings. The van der Waals surface area contributed by atoms with Crippen molar-refractivity contribution in [2.45, 2.75) is 44.6 Å². The quantitative estimate of drug-likeness (QED) is 0.789. The van der Waals surface area contributed by atoms with Crippen molar-refractivity contribution in [1.29, 1.82) is 0 Å². The Balaban J connectivity index is 1.58. The van der Waals surface area contributed by atoms with E-state index in [1.807, 2.05) is 18.2 Å². The van der Waals surface area contributed by atoms with E-state index in [1.54, 1.807) is 0 Å². The van der Waals surface area contributed by atoms with Crippen LogP contribution in [0.3, 0.4) is 0 Å². The first-order chi connectivity index (χ1) is 11.1. The molecule has 3 rings (SSSR count). The maximum atomic E-state index is 12.5. The molecule has 1 unspecified atom stereocenters. The SMILES string of the molecule is O=C(O)CC1CCCN1CCC(=O)c1ccc2c(c1)CCCN2. The lowest BCUT2D eigenvalue weighted by Gasteiger charge is -2.23. The number of rotatable bonds is 6. The van der Waals surface area contributed by atoms with Crippen LogP contribution in [0.25, 0.3) is 0 Å². The number of hydrogen-bond acceptors (Lipinski definition) is 4. The number of nitrogens with one attached hydrogen (secondary N) is 1. The zero-order valence-corrected chi connectivity index (χ0v) is 13.4. The molecule has 5 nitrogen and oxygen atoms in total. The van der Waals surface area contributed by atoms with Crippen LogP contribution in [0.2, 0.25) is 0 Å². The van der Waals surface area contributed by atoms with Crippen molar-refractivity contribution in [3.05, 3.63) is 29.3 Å². The fraction of sp³-hybridized carbons (Fsp3) is 0.556. The summed E-state index contributed by atoms with van der Waals surface area (Å²) < 4.78 is 0. The summed E-state index contributed by atoms with van der Waals surface area (Å²) in [5.41, 5.74) is 3.15. The summed E-state index contributed by atoms with van der Waals surface area (Å²) in [5.74, 6) is -0.602. The topological polar surface area (TPSA) is 69.6 Å². The average molecular weight is 316 g/mol. The second-order valence-corrected chi connectivity index (χ2v) is 6.51. The summed E-state index contributed by atoms with van der Waals surface area (Å²) in [7, 11) is 0. The van der Waals surface area contributed by atoms with E-state index in [2.05, 4.69) is 10.2 Å². The van der Waals surface area contributed by atoms with Crippen molar-refractivity contribution in [3.8, 4) is 0 Å². The summed E-state index contributed by atoms with van der Waals surface area (Å²) in [5, 5.41) is 12.3. The first-order valence-corrected chi connectivity index (χ1v) is 8.49. The van der Waals surface area contributed by atoms with E-state index < -0.39 is 5.97 Å². The molecule has 2 aliphatic rings. The molecule has 0 aliphatic carbocycles. The Morgan fingerprint density at radius 3 is 3.00 bits per heavy atom. The van der Waals surface area contributed by atoms with Gasteiger partial charge in [0.25, 0.3) is 0 Å². The van der Waals surface area contributed by atoms with Gasteiger partial charge < -0.3 is 10.4 Å². The van der Waals surface area contributed by atoms with E-state index in [4.69, 9.17) is 5.11 Å². The third-order valence-electron chi connectivity index (χ3n) is 4.90. The Hall–Kier alpha value is -1.88. The molecule has 0 saturated carbocycles. The largest absolute Gasteiger partial charge is 0.481 e. The minimum absolute atomic E-state index is 0.0908. The van der Waals surface area contributed by atoms with Crippen molar-refractivity contribution < 1.29 is 14.7 Å². The van der Waals surface area contributed by atoms with Crippen molar-refractivity contribution >= 4 is 17.4 Å². The summed E-state index contributed by atoms with van der Waals surface area (Å²) in [6.45, 7) is 2.56. The van der Waals surface area contributed by atoms with Crippen LogP contribution in [-0.4, -0.2) is 47.4 Å². The van der Waals surface area contributed by atoms with Gasteiger partial charge in [-0.15, -0.1) is 0 Å². The number of fused-ring (bicyclic) bond motifs is 1. The van der Waals surface area contributed by atoms with Gasteiger partial charge in [0, 0.05) is 36.8 Å². The standard InChI is InChI=1S/C18H24N2O3/c21-17(7-10-20-9-2-4-15(20)12-18(22)23)14-5-6-16-13(11-14)3-1-8-19-16/h5-6,11,15,19H,1-4,7-10,12H2,(H,22,23). The molecule has 2 N–H and O–H groups in total. The lowest BCUT2D eigenvalue weighted by molar-refractivity contribution is -0.138. The third-order valence-corrected chi connectivity index (χ3v) is 4.90. The molecule has 0 aromatic heterocycles. The first kappa shape index (κ1) is 16.0. The number of carbonyl (C=O) groups excluding carboxylic acids is 1. The Morgan fingerprint density at radius 2 is 2.17 bits per heavy atom. The number of likely N-dealkylation sites (tertiary alicyclic amines) is 1. The van der Waals surface area contributed by atoms with E-state index in [-0.39, 0.29) is 18.2 Å². The van der Waals surface area contributed by atoms with Gasteiger partial charge >= 0.3 is 5.97 Å². The Labute approximate surface area is 136 Å². The monoisotopic (exact) mass is 316 g/mol.